The predicted molar refractivity (Wildman–Crippen MR) is 108 cm³/mol. The van der Waals surface area contributed by atoms with E-state index in [2.05, 4.69) is 42.5 Å². The molecule has 0 spiro atoms. The third-order valence-corrected chi connectivity index (χ3v) is 6.23. The summed E-state index contributed by atoms with van der Waals surface area (Å²) >= 11 is 0. The molecule has 2 aromatic rings. The van der Waals surface area contributed by atoms with Crippen molar-refractivity contribution in [2.24, 2.45) is 0 Å². The van der Waals surface area contributed by atoms with Gasteiger partial charge in [0, 0.05) is 12.6 Å². The van der Waals surface area contributed by atoms with Gasteiger partial charge in [0.25, 0.3) is 0 Å². The Hall–Kier alpha value is -2.37. The largest absolute Gasteiger partial charge is 0.353 e. The molecular weight excluding hydrogens is 352 g/mol. The van der Waals surface area contributed by atoms with Crippen molar-refractivity contribution in [1.29, 1.82) is 0 Å². The first kappa shape index (κ1) is 19.0. The van der Waals surface area contributed by atoms with Crippen LogP contribution in [-0.2, 0) is 17.9 Å². The van der Waals surface area contributed by atoms with Crippen LogP contribution in [0.1, 0.15) is 73.4 Å². The summed E-state index contributed by atoms with van der Waals surface area (Å²) in [5.74, 6) is 0.356. The molecule has 150 valence electrons. The molecule has 0 radical (unpaired) electrons. The number of hydrogen-bond donors (Lipinski definition) is 1. The zero-order valence-corrected chi connectivity index (χ0v) is 16.9. The van der Waals surface area contributed by atoms with Crippen LogP contribution in [0.5, 0.6) is 0 Å². The van der Waals surface area contributed by atoms with Gasteiger partial charge in [-0.25, -0.2) is 9.48 Å². The van der Waals surface area contributed by atoms with E-state index in [1.807, 2.05) is 0 Å². The molecule has 1 aromatic carbocycles. The first-order valence-electron chi connectivity index (χ1n) is 10.6. The van der Waals surface area contributed by atoms with Gasteiger partial charge in [-0.1, -0.05) is 43.0 Å². The van der Waals surface area contributed by atoms with E-state index in [0.29, 0.717) is 18.9 Å². The Morgan fingerprint density at radius 3 is 2.71 bits per heavy atom. The van der Waals surface area contributed by atoms with E-state index < -0.39 is 0 Å². The van der Waals surface area contributed by atoms with Crippen molar-refractivity contribution in [3.63, 3.8) is 0 Å². The number of amides is 1. The molecule has 6 nitrogen and oxygen atoms in total. The van der Waals surface area contributed by atoms with E-state index in [9.17, 15) is 9.59 Å². The minimum Gasteiger partial charge on any atom is -0.353 e. The van der Waals surface area contributed by atoms with Gasteiger partial charge >= 0.3 is 5.69 Å². The molecule has 1 aromatic heterocycles. The van der Waals surface area contributed by atoms with Crippen molar-refractivity contribution >= 4 is 5.91 Å². The summed E-state index contributed by atoms with van der Waals surface area (Å²) in [4.78, 5) is 25.8. The van der Waals surface area contributed by atoms with Crippen LogP contribution >= 0.6 is 0 Å². The Morgan fingerprint density at radius 2 is 1.93 bits per heavy atom. The number of nitrogens with one attached hydrogen (secondary N) is 1. The van der Waals surface area contributed by atoms with Gasteiger partial charge in [-0.3, -0.25) is 9.36 Å². The fourth-order valence-corrected chi connectivity index (χ4v) is 4.54. The monoisotopic (exact) mass is 382 g/mol. The Bertz CT molecular complexity index is 921. The topological polar surface area (TPSA) is 68.9 Å². The van der Waals surface area contributed by atoms with E-state index in [-0.39, 0.29) is 23.6 Å². The molecule has 1 amide bonds. The van der Waals surface area contributed by atoms with Crippen molar-refractivity contribution in [2.45, 2.75) is 83.8 Å². The third-order valence-electron chi connectivity index (χ3n) is 6.23. The molecule has 1 atom stereocenters. The lowest BCUT2D eigenvalue weighted by Gasteiger charge is -2.27. The smallest absolute Gasteiger partial charge is 0.346 e. The summed E-state index contributed by atoms with van der Waals surface area (Å²) in [5.41, 5.74) is 3.31. The number of benzene rings is 1. The van der Waals surface area contributed by atoms with Crippen LogP contribution in [0.2, 0.25) is 0 Å². The highest BCUT2D eigenvalue weighted by Gasteiger charge is 2.32. The third kappa shape index (κ3) is 3.77. The van der Waals surface area contributed by atoms with Gasteiger partial charge in [-0.2, -0.15) is 5.10 Å². The molecule has 4 rings (SSSR count). The van der Waals surface area contributed by atoms with Gasteiger partial charge in [0.2, 0.25) is 5.91 Å². The highest BCUT2D eigenvalue weighted by atomic mass is 16.2. The number of fused-ring (bicyclic) bond motifs is 1. The molecule has 1 unspecified atom stereocenters. The quantitative estimate of drug-likeness (QED) is 0.884. The van der Waals surface area contributed by atoms with Crippen molar-refractivity contribution in [3.8, 4) is 0 Å². The van der Waals surface area contributed by atoms with E-state index in [1.165, 1.54) is 29.5 Å². The van der Waals surface area contributed by atoms with Gasteiger partial charge in [0.1, 0.15) is 5.82 Å². The molecule has 1 N–H and O–H groups in total. The summed E-state index contributed by atoms with van der Waals surface area (Å²) in [6.07, 6.45) is 7.36. The summed E-state index contributed by atoms with van der Waals surface area (Å²) in [6, 6.07) is 6.53. The normalized spacial score (nSPS) is 20.0. The van der Waals surface area contributed by atoms with Crippen LogP contribution in [-0.4, -0.2) is 26.3 Å². The number of aryl methyl sites for hydroxylation is 2. The number of nitrogens with zero attached hydrogens (tertiary/aromatic N) is 3. The minimum absolute atomic E-state index is 0.0386. The Balaban J connectivity index is 1.57. The second-order valence-corrected chi connectivity index (χ2v) is 8.42. The second kappa shape index (κ2) is 7.94. The summed E-state index contributed by atoms with van der Waals surface area (Å²) in [7, 11) is 0. The number of hydrogen-bond acceptors (Lipinski definition) is 3. The molecule has 1 aliphatic heterocycles. The predicted octanol–water partition coefficient (Wildman–Crippen LogP) is 3.04. The molecular formula is C22H30N4O2. The molecule has 0 bridgehead atoms. The van der Waals surface area contributed by atoms with Gasteiger partial charge in [-0.05, 0) is 50.7 Å². The lowest BCUT2D eigenvalue weighted by atomic mass is 9.93. The highest BCUT2D eigenvalue weighted by molar-refractivity contribution is 5.83. The van der Waals surface area contributed by atoms with Crippen LogP contribution in [0.3, 0.4) is 0 Å². The van der Waals surface area contributed by atoms with Gasteiger partial charge in [0.15, 0.2) is 0 Å². The second-order valence-electron chi connectivity index (χ2n) is 8.42. The average Bonchev–Trinajstić information content (AvgIpc) is 3.01. The summed E-state index contributed by atoms with van der Waals surface area (Å²) in [5, 5.41) is 7.84. The van der Waals surface area contributed by atoms with Gasteiger partial charge < -0.3 is 5.32 Å². The Kier molecular flexibility index (Phi) is 5.38. The summed E-state index contributed by atoms with van der Waals surface area (Å²) in [6.45, 7) is 5.20. The van der Waals surface area contributed by atoms with Crippen molar-refractivity contribution < 1.29 is 4.79 Å². The summed E-state index contributed by atoms with van der Waals surface area (Å²) < 4.78 is 3.24. The number of rotatable bonds is 4. The first-order chi connectivity index (χ1) is 13.5. The van der Waals surface area contributed by atoms with Crippen LogP contribution in [0.15, 0.2) is 23.0 Å². The first-order valence-corrected chi connectivity index (χ1v) is 10.6. The van der Waals surface area contributed by atoms with Crippen LogP contribution < -0.4 is 11.0 Å². The maximum Gasteiger partial charge on any atom is 0.346 e. The van der Waals surface area contributed by atoms with Crippen molar-refractivity contribution in [3.05, 3.63) is 51.2 Å². The van der Waals surface area contributed by atoms with Crippen molar-refractivity contribution in [1.82, 2.24) is 19.7 Å². The standard InChI is InChI=1S/C22H30N4O2/c1-15-10-11-16(2)17(13-15)14-26-22(28)25-12-6-9-19(20(25)24-26)21(27)23-18-7-4-3-5-8-18/h10-11,13,18-19H,3-9,12,14H2,1-2H3,(H,23,27). The number of carbonyl (C=O) groups excluding carboxylic acids is 1. The maximum absolute atomic E-state index is 12.9. The molecule has 28 heavy (non-hydrogen) atoms. The zero-order chi connectivity index (χ0) is 19.7. The van der Waals surface area contributed by atoms with Crippen molar-refractivity contribution in [2.75, 3.05) is 0 Å². The average molecular weight is 383 g/mol. The Labute approximate surface area is 165 Å². The molecule has 1 fully saturated rings. The van der Waals surface area contributed by atoms with E-state index >= 15 is 0 Å². The van der Waals surface area contributed by atoms with Gasteiger partial charge in [-0.15, -0.1) is 0 Å². The minimum atomic E-state index is -0.316. The van der Waals surface area contributed by atoms with E-state index in [4.69, 9.17) is 0 Å². The lowest BCUT2D eigenvalue weighted by Crippen LogP contribution is -2.41. The molecule has 1 saturated carbocycles. The molecule has 1 aliphatic carbocycles. The van der Waals surface area contributed by atoms with Crippen LogP contribution in [0.25, 0.3) is 0 Å². The van der Waals surface area contributed by atoms with Crippen LogP contribution in [0.4, 0.5) is 0 Å². The zero-order valence-electron chi connectivity index (χ0n) is 16.9. The number of aromatic nitrogens is 3. The number of carbonyl (C=O) groups is 1. The fourth-order valence-electron chi connectivity index (χ4n) is 4.54. The Morgan fingerprint density at radius 1 is 1.14 bits per heavy atom. The SMILES string of the molecule is Cc1ccc(C)c(Cn2nc3n(c2=O)CCCC3C(=O)NC2CCCCC2)c1. The van der Waals surface area contributed by atoms with Crippen LogP contribution in [0, 0.1) is 13.8 Å². The lowest BCUT2D eigenvalue weighted by molar-refractivity contribution is -0.124. The highest BCUT2D eigenvalue weighted by Crippen LogP contribution is 2.26. The molecule has 2 aliphatic rings. The molecule has 0 saturated heterocycles. The van der Waals surface area contributed by atoms with Gasteiger partial charge in [0.05, 0.1) is 12.5 Å². The maximum atomic E-state index is 12.9. The molecule has 6 heteroatoms. The molecule has 2 heterocycles. The fraction of sp³-hybridized carbons (Fsp3) is 0.591. The van der Waals surface area contributed by atoms with E-state index in [1.54, 1.807) is 4.57 Å². The van der Waals surface area contributed by atoms with E-state index in [0.717, 1.165) is 36.8 Å².